The number of hydrogen-bond acceptors (Lipinski definition) is 1. The number of benzene rings is 2. The molecule has 2 aromatic carbocycles. The SMILES string of the molecule is CC1(C)c2c(ccc[c]2[Ge]([CH3])([CH3])[CH3])-c2ccnc(-c3[c-]cccc3)c21.[Ir]. The molecule has 1 aliphatic rings. The van der Waals surface area contributed by atoms with Gasteiger partial charge in [0.1, 0.15) is 0 Å². The Bertz CT molecular complexity index is 956. The van der Waals surface area contributed by atoms with Crippen LogP contribution in [0.2, 0.25) is 17.3 Å². The van der Waals surface area contributed by atoms with Crippen molar-refractivity contribution in [1.29, 1.82) is 0 Å². The summed E-state index contributed by atoms with van der Waals surface area (Å²) in [7, 11) is 0. The average Bonchev–Trinajstić information content (AvgIpc) is 2.83. The second-order valence-electron chi connectivity index (χ2n) is 8.46. The maximum absolute atomic E-state index is 4.78. The van der Waals surface area contributed by atoms with Crippen molar-refractivity contribution < 1.29 is 20.1 Å². The molecule has 0 amide bonds. The standard InChI is InChI=1S/C23H24GeN.Ir/c1-23(2)20-17(12-9-13-19(20)24(3,4)5)18-14-15-25-22(21(18)23)16-10-7-6-8-11-16;/h6-10,12-15H,1-5H3;/q-1;. The van der Waals surface area contributed by atoms with Crippen LogP contribution in [0, 0.1) is 6.07 Å². The molecule has 4 rings (SSSR count). The van der Waals surface area contributed by atoms with Crippen LogP contribution >= 0.6 is 0 Å². The van der Waals surface area contributed by atoms with E-state index in [1.165, 1.54) is 22.3 Å². The molecule has 135 valence electrons. The van der Waals surface area contributed by atoms with E-state index in [4.69, 9.17) is 4.98 Å². The zero-order valence-electron chi connectivity index (χ0n) is 16.0. The Morgan fingerprint density at radius 2 is 1.62 bits per heavy atom. The molecule has 0 aliphatic heterocycles. The molecule has 3 heteroatoms. The van der Waals surface area contributed by atoms with E-state index in [0.717, 1.165) is 11.3 Å². The third-order valence-corrected chi connectivity index (χ3v) is 9.59. The molecule has 0 N–H and O–H groups in total. The minimum absolute atomic E-state index is 0. The Balaban J connectivity index is 0.00000196. The van der Waals surface area contributed by atoms with Crippen LogP contribution in [0.25, 0.3) is 22.4 Å². The van der Waals surface area contributed by atoms with Crippen LogP contribution in [0.5, 0.6) is 0 Å². The molecule has 1 radical (unpaired) electrons. The first-order valence-corrected chi connectivity index (χ1v) is 16.3. The third-order valence-electron chi connectivity index (χ3n) is 5.33. The van der Waals surface area contributed by atoms with Gasteiger partial charge in [-0.3, -0.25) is 0 Å². The zero-order valence-corrected chi connectivity index (χ0v) is 20.5. The molecule has 0 spiro atoms. The molecule has 0 saturated carbocycles. The summed E-state index contributed by atoms with van der Waals surface area (Å²) >= 11 is -1.99. The summed E-state index contributed by atoms with van der Waals surface area (Å²) in [4.78, 5) is 4.78. The molecule has 3 aromatic rings. The first-order valence-electron chi connectivity index (χ1n) is 8.93. The second kappa shape index (κ2) is 6.74. The fraction of sp³-hybridized carbons (Fsp3) is 0.261. The topological polar surface area (TPSA) is 12.9 Å². The number of aromatic nitrogens is 1. The Morgan fingerprint density at radius 3 is 2.27 bits per heavy atom. The molecule has 0 atom stereocenters. The number of rotatable bonds is 2. The van der Waals surface area contributed by atoms with Gasteiger partial charge < -0.3 is 0 Å². The van der Waals surface area contributed by atoms with Crippen molar-refractivity contribution in [2.75, 3.05) is 0 Å². The van der Waals surface area contributed by atoms with Gasteiger partial charge in [-0.15, -0.1) is 0 Å². The predicted molar refractivity (Wildman–Crippen MR) is 109 cm³/mol. The zero-order chi connectivity index (χ0) is 17.8. The summed E-state index contributed by atoms with van der Waals surface area (Å²) < 4.78 is 1.61. The molecule has 1 aromatic heterocycles. The fourth-order valence-corrected chi connectivity index (χ4v) is 8.03. The van der Waals surface area contributed by atoms with E-state index in [-0.39, 0.29) is 25.5 Å². The van der Waals surface area contributed by atoms with Crippen LogP contribution in [0.4, 0.5) is 0 Å². The van der Waals surface area contributed by atoms with Gasteiger partial charge in [0.15, 0.2) is 0 Å². The van der Waals surface area contributed by atoms with E-state index in [9.17, 15) is 0 Å². The van der Waals surface area contributed by atoms with Gasteiger partial charge in [-0.2, -0.15) is 0 Å². The molecule has 1 aliphatic carbocycles. The first kappa shape index (κ1) is 19.5. The van der Waals surface area contributed by atoms with Crippen LogP contribution in [-0.4, -0.2) is 18.3 Å². The van der Waals surface area contributed by atoms with Gasteiger partial charge in [-0.1, -0.05) is 0 Å². The minimum atomic E-state index is -1.99. The summed E-state index contributed by atoms with van der Waals surface area (Å²) in [6.07, 6.45) is 1.95. The van der Waals surface area contributed by atoms with Crippen molar-refractivity contribution in [2.45, 2.75) is 36.5 Å². The molecule has 0 saturated heterocycles. The third kappa shape index (κ3) is 2.93. The van der Waals surface area contributed by atoms with Crippen LogP contribution in [-0.2, 0) is 25.5 Å². The quantitative estimate of drug-likeness (QED) is 0.293. The predicted octanol–water partition coefficient (Wildman–Crippen LogP) is 5.40. The normalized spacial score (nSPS) is 14.3. The summed E-state index contributed by atoms with van der Waals surface area (Å²) in [6, 6.07) is 20.6. The van der Waals surface area contributed by atoms with E-state index in [1.807, 2.05) is 18.3 Å². The van der Waals surface area contributed by atoms with Gasteiger partial charge in [0.2, 0.25) is 0 Å². The van der Waals surface area contributed by atoms with Crippen molar-refractivity contribution in [3.8, 4) is 22.4 Å². The smallest absolute Gasteiger partial charge is 0 e. The Kier molecular flexibility index (Phi) is 5.07. The van der Waals surface area contributed by atoms with Crippen LogP contribution in [0.1, 0.15) is 25.0 Å². The number of hydrogen-bond donors (Lipinski definition) is 0. The summed E-state index contributed by atoms with van der Waals surface area (Å²) in [5.41, 5.74) is 7.75. The van der Waals surface area contributed by atoms with Crippen LogP contribution in [0.3, 0.4) is 0 Å². The largest absolute Gasteiger partial charge is 0 e. The molecule has 1 nitrogen and oxygen atoms in total. The van der Waals surface area contributed by atoms with E-state index in [0.29, 0.717) is 0 Å². The summed E-state index contributed by atoms with van der Waals surface area (Å²) in [6.45, 7) is 4.73. The summed E-state index contributed by atoms with van der Waals surface area (Å²) in [5.74, 6) is 7.45. The van der Waals surface area contributed by atoms with Gasteiger partial charge in [0, 0.05) is 20.1 Å². The second-order valence-corrected chi connectivity index (χ2v) is 19.0. The number of nitrogens with zero attached hydrogens (tertiary/aromatic N) is 1. The Hall–Kier alpha value is -1.22. The van der Waals surface area contributed by atoms with Crippen molar-refractivity contribution in [3.05, 3.63) is 71.9 Å². The van der Waals surface area contributed by atoms with Crippen molar-refractivity contribution in [2.24, 2.45) is 0 Å². The van der Waals surface area contributed by atoms with Crippen LogP contribution < -0.4 is 4.40 Å². The number of fused-ring (bicyclic) bond motifs is 3. The maximum atomic E-state index is 4.78. The molecule has 1 heterocycles. The van der Waals surface area contributed by atoms with Gasteiger partial charge in [-0.05, 0) is 0 Å². The summed E-state index contributed by atoms with van der Waals surface area (Å²) in [5, 5.41) is 0. The van der Waals surface area contributed by atoms with E-state index in [2.05, 4.69) is 73.6 Å². The Morgan fingerprint density at radius 1 is 0.885 bits per heavy atom. The van der Waals surface area contributed by atoms with E-state index in [1.54, 1.807) is 4.40 Å². The molecular weight excluding hydrogens is 555 g/mol. The van der Waals surface area contributed by atoms with E-state index >= 15 is 0 Å². The van der Waals surface area contributed by atoms with Gasteiger partial charge in [-0.25, -0.2) is 0 Å². The first-order chi connectivity index (χ1) is 11.8. The van der Waals surface area contributed by atoms with Gasteiger partial charge in [0.05, 0.1) is 0 Å². The van der Waals surface area contributed by atoms with Crippen molar-refractivity contribution in [1.82, 2.24) is 4.98 Å². The van der Waals surface area contributed by atoms with Gasteiger partial charge >= 0.3 is 153 Å². The minimum Gasteiger partial charge on any atom is 0 e. The Labute approximate surface area is 173 Å². The van der Waals surface area contributed by atoms with Crippen LogP contribution in [0.15, 0.2) is 54.7 Å². The average molecular weight is 579 g/mol. The van der Waals surface area contributed by atoms with Crippen molar-refractivity contribution in [3.63, 3.8) is 0 Å². The van der Waals surface area contributed by atoms with Crippen molar-refractivity contribution >= 4 is 17.7 Å². The number of pyridine rings is 1. The molecule has 0 fully saturated rings. The molecule has 0 unspecified atom stereocenters. The monoisotopic (exact) mass is 581 g/mol. The fourth-order valence-electron chi connectivity index (χ4n) is 4.26. The van der Waals surface area contributed by atoms with E-state index < -0.39 is 13.3 Å². The molecule has 26 heavy (non-hydrogen) atoms. The molecule has 0 bridgehead atoms. The maximum Gasteiger partial charge on any atom is 0 e. The molecular formula is C23H24GeIrN-. The van der Waals surface area contributed by atoms with Gasteiger partial charge in [0.25, 0.3) is 0 Å².